The largest absolute Gasteiger partial charge is 0.507 e. The maximum absolute atomic E-state index is 12.8. The second kappa shape index (κ2) is 9.02. The summed E-state index contributed by atoms with van der Waals surface area (Å²) in [4.78, 5) is 25.1. The maximum atomic E-state index is 12.8. The van der Waals surface area contributed by atoms with E-state index in [1.165, 1.54) is 6.07 Å². The van der Waals surface area contributed by atoms with E-state index in [0.717, 1.165) is 31.2 Å². The molecule has 0 fully saturated rings. The zero-order chi connectivity index (χ0) is 18.2. The number of unbranched alkanes of at least 4 members (excludes halogenated alkanes) is 3. The van der Waals surface area contributed by atoms with Crippen molar-refractivity contribution in [1.29, 1.82) is 0 Å². The minimum atomic E-state index is -0.507. The standard InChI is InChI=1S/C21H24O4/c1-3-4-5-8-13-25-21(24)17-10-7-6-9-16(17)20(23)18-12-11-15(2)14-19(18)22/h6-7,9-12,14,22H,3-5,8,13H2,1-2H3. The van der Waals surface area contributed by atoms with E-state index in [1.54, 1.807) is 36.4 Å². The van der Waals surface area contributed by atoms with Crippen molar-refractivity contribution in [2.75, 3.05) is 6.61 Å². The zero-order valence-corrected chi connectivity index (χ0v) is 14.7. The van der Waals surface area contributed by atoms with Gasteiger partial charge >= 0.3 is 5.97 Å². The highest BCUT2D eigenvalue weighted by Gasteiger charge is 2.21. The Kier molecular flexibility index (Phi) is 6.75. The van der Waals surface area contributed by atoms with Crippen LogP contribution in [0.5, 0.6) is 5.75 Å². The molecule has 0 atom stereocenters. The lowest BCUT2D eigenvalue weighted by Crippen LogP contribution is -2.13. The molecule has 2 aromatic carbocycles. The van der Waals surface area contributed by atoms with E-state index in [2.05, 4.69) is 6.92 Å². The van der Waals surface area contributed by atoms with Crippen molar-refractivity contribution in [2.24, 2.45) is 0 Å². The number of aryl methyl sites for hydroxylation is 1. The molecule has 0 unspecified atom stereocenters. The highest BCUT2D eigenvalue weighted by molar-refractivity contribution is 6.15. The average Bonchev–Trinajstić information content (AvgIpc) is 2.61. The minimum absolute atomic E-state index is 0.0901. The first-order chi connectivity index (χ1) is 12.0. The molecular weight excluding hydrogens is 316 g/mol. The molecule has 0 saturated carbocycles. The first-order valence-corrected chi connectivity index (χ1v) is 8.65. The molecular formula is C21H24O4. The van der Waals surface area contributed by atoms with E-state index in [0.29, 0.717) is 6.61 Å². The third-order valence-electron chi connectivity index (χ3n) is 4.02. The van der Waals surface area contributed by atoms with Crippen LogP contribution in [0, 0.1) is 6.92 Å². The van der Waals surface area contributed by atoms with Crippen LogP contribution in [0.15, 0.2) is 42.5 Å². The van der Waals surface area contributed by atoms with Gasteiger partial charge in [-0.2, -0.15) is 0 Å². The number of aromatic hydroxyl groups is 1. The van der Waals surface area contributed by atoms with E-state index in [-0.39, 0.29) is 22.4 Å². The van der Waals surface area contributed by atoms with Crippen LogP contribution in [-0.2, 0) is 4.74 Å². The molecule has 0 aliphatic heterocycles. The Bertz CT molecular complexity index is 749. The number of phenolic OH excluding ortho intramolecular Hbond substituents is 1. The number of ether oxygens (including phenoxy) is 1. The van der Waals surface area contributed by atoms with Crippen LogP contribution < -0.4 is 0 Å². The lowest BCUT2D eigenvalue weighted by Gasteiger charge is -2.10. The van der Waals surface area contributed by atoms with Crippen LogP contribution in [-0.4, -0.2) is 23.5 Å². The van der Waals surface area contributed by atoms with Gasteiger partial charge in [0.2, 0.25) is 0 Å². The molecule has 0 heterocycles. The molecule has 0 aliphatic carbocycles. The summed E-state index contributed by atoms with van der Waals surface area (Å²) < 4.78 is 5.30. The zero-order valence-electron chi connectivity index (χ0n) is 14.7. The summed E-state index contributed by atoms with van der Waals surface area (Å²) in [6.45, 7) is 4.29. The summed E-state index contributed by atoms with van der Waals surface area (Å²) in [7, 11) is 0. The Balaban J connectivity index is 2.17. The molecule has 0 saturated heterocycles. The molecule has 1 N–H and O–H groups in total. The Morgan fingerprint density at radius 3 is 2.36 bits per heavy atom. The third-order valence-corrected chi connectivity index (χ3v) is 4.02. The molecule has 4 nitrogen and oxygen atoms in total. The van der Waals surface area contributed by atoms with Gasteiger partial charge in [-0.25, -0.2) is 4.79 Å². The van der Waals surface area contributed by atoms with Gasteiger partial charge in [-0.3, -0.25) is 4.79 Å². The number of rotatable bonds is 8. The smallest absolute Gasteiger partial charge is 0.338 e. The monoisotopic (exact) mass is 340 g/mol. The molecule has 0 bridgehead atoms. The molecule has 0 aliphatic rings. The minimum Gasteiger partial charge on any atom is -0.507 e. The van der Waals surface area contributed by atoms with E-state index < -0.39 is 11.8 Å². The number of esters is 1. The Labute approximate surface area is 148 Å². The molecule has 0 aromatic heterocycles. The second-order valence-electron chi connectivity index (χ2n) is 6.09. The molecule has 0 spiro atoms. The van der Waals surface area contributed by atoms with Crippen LogP contribution in [0.3, 0.4) is 0 Å². The highest BCUT2D eigenvalue weighted by atomic mass is 16.5. The number of phenols is 1. The molecule has 0 radical (unpaired) electrons. The molecule has 2 aromatic rings. The number of hydrogen-bond acceptors (Lipinski definition) is 4. The number of benzene rings is 2. The van der Waals surface area contributed by atoms with Gasteiger partial charge in [0, 0.05) is 5.56 Å². The average molecular weight is 340 g/mol. The van der Waals surface area contributed by atoms with Gasteiger partial charge in [-0.15, -0.1) is 0 Å². The number of carbonyl (C=O) groups excluding carboxylic acids is 2. The normalized spacial score (nSPS) is 10.5. The lowest BCUT2D eigenvalue weighted by atomic mass is 9.97. The van der Waals surface area contributed by atoms with E-state index >= 15 is 0 Å². The van der Waals surface area contributed by atoms with Crippen molar-refractivity contribution in [1.82, 2.24) is 0 Å². The quantitative estimate of drug-likeness (QED) is 0.431. The summed E-state index contributed by atoms with van der Waals surface area (Å²) >= 11 is 0. The molecule has 2 rings (SSSR count). The number of carbonyl (C=O) groups is 2. The van der Waals surface area contributed by atoms with Crippen LogP contribution >= 0.6 is 0 Å². The Morgan fingerprint density at radius 2 is 1.68 bits per heavy atom. The fourth-order valence-electron chi connectivity index (χ4n) is 2.61. The van der Waals surface area contributed by atoms with Crippen LogP contribution in [0.2, 0.25) is 0 Å². The van der Waals surface area contributed by atoms with Gasteiger partial charge in [0.1, 0.15) is 5.75 Å². The topological polar surface area (TPSA) is 63.6 Å². The number of ketones is 1. The first-order valence-electron chi connectivity index (χ1n) is 8.65. The Morgan fingerprint density at radius 1 is 0.960 bits per heavy atom. The van der Waals surface area contributed by atoms with Gasteiger partial charge in [0.05, 0.1) is 17.7 Å². The third kappa shape index (κ3) is 4.92. The molecule has 0 amide bonds. The summed E-state index contributed by atoms with van der Waals surface area (Å²) in [5, 5.41) is 10.0. The lowest BCUT2D eigenvalue weighted by molar-refractivity contribution is 0.0495. The van der Waals surface area contributed by atoms with E-state index in [9.17, 15) is 14.7 Å². The van der Waals surface area contributed by atoms with Gasteiger partial charge in [-0.05, 0) is 37.1 Å². The van der Waals surface area contributed by atoms with Crippen molar-refractivity contribution < 1.29 is 19.4 Å². The summed E-state index contributed by atoms with van der Waals surface area (Å²) in [5.41, 5.74) is 1.49. The maximum Gasteiger partial charge on any atom is 0.338 e. The van der Waals surface area contributed by atoms with Crippen LogP contribution in [0.25, 0.3) is 0 Å². The number of hydrogen-bond donors (Lipinski definition) is 1. The van der Waals surface area contributed by atoms with E-state index in [4.69, 9.17) is 4.74 Å². The van der Waals surface area contributed by atoms with Gasteiger partial charge in [-0.1, -0.05) is 50.5 Å². The predicted molar refractivity (Wildman–Crippen MR) is 97.1 cm³/mol. The Hall–Kier alpha value is -2.62. The van der Waals surface area contributed by atoms with Crippen LogP contribution in [0.1, 0.15) is 64.4 Å². The summed E-state index contributed by atoms with van der Waals surface area (Å²) in [5.74, 6) is -0.990. The van der Waals surface area contributed by atoms with E-state index in [1.807, 2.05) is 6.92 Å². The highest BCUT2D eigenvalue weighted by Crippen LogP contribution is 2.24. The van der Waals surface area contributed by atoms with Crippen molar-refractivity contribution in [3.05, 3.63) is 64.7 Å². The molecule has 132 valence electrons. The van der Waals surface area contributed by atoms with Crippen molar-refractivity contribution >= 4 is 11.8 Å². The van der Waals surface area contributed by atoms with Gasteiger partial charge < -0.3 is 9.84 Å². The van der Waals surface area contributed by atoms with Crippen molar-refractivity contribution in [3.63, 3.8) is 0 Å². The molecule has 4 heteroatoms. The van der Waals surface area contributed by atoms with Crippen LogP contribution in [0.4, 0.5) is 0 Å². The second-order valence-corrected chi connectivity index (χ2v) is 6.09. The fourth-order valence-corrected chi connectivity index (χ4v) is 2.61. The van der Waals surface area contributed by atoms with Crippen molar-refractivity contribution in [2.45, 2.75) is 39.5 Å². The molecule has 25 heavy (non-hydrogen) atoms. The first kappa shape index (κ1) is 18.7. The predicted octanol–water partition coefficient (Wildman–Crippen LogP) is 4.67. The summed E-state index contributed by atoms with van der Waals surface area (Å²) in [6, 6.07) is 11.4. The van der Waals surface area contributed by atoms with Gasteiger partial charge in [0.15, 0.2) is 5.78 Å². The fraction of sp³-hybridized carbons (Fsp3) is 0.333. The van der Waals surface area contributed by atoms with Crippen molar-refractivity contribution in [3.8, 4) is 5.75 Å². The summed E-state index contributed by atoms with van der Waals surface area (Å²) in [6.07, 6.45) is 4.06. The van der Waals surface area contributed by atoms with Gasteiger partial charge in [0.25, 0.3) is 0 Å². The SMILES string of the molecule is CCCCCCOC(=O)c1ccccc1C(=O)c1ccc(C)cc1O.